The summed E-state index contributed by atoms with van der Waals surface area (Å²) in [5, 5.41) is 9.45. The number of anilines is 2. The van der Waals surface area contributed by atoms with Gasteiger partial charge in [0.05, 0.1) is 19.3 Å². The highest BCUT2D eigenvalue weighted by molar-refractivity contribution is 5.89. The molecule has 0 atom stereocenters. The van der Waals surface area contributed by atoms with Crippen LogP contribution in [0.1, 0.15) is 35.2 Å². The Morgan fingerprint density at radius 2 is 1.94 bits per heavy atom. The van der Waals surface area contributed by atoms with Crippen LogP contribution in [-0.4, -0.2) is 29.8 Å². The van der Waals surface area contributed by atoms with Crippen molar-refractivity contribution in [3.63, 3.8) is 0 Å². The number of aromatic carboxylic acids is 1. The van der Waals surface area contributed by atoms with Crippen LogP contribution in [0.15, 0.2) is 67.0 Å². The maximum absolute atomic E-state index is 11.5. The Balaban J connectivity index is 1.68. The Labute approximate surface area is 182 Å². The number of rotatable bonds is 10. The molecule has 4 rings (SSSR count). The molecule has 1 aliphatic rings. The van der Waals surface area contributed by atoms with E-state index < -0.39 is 5.97 Å². The largest absolute Gasteiger partial charge is 0.493 e. The summed E-state index contributed by atoms with van der Waals surface area (Å²) in [7, 11) is 1.63. The predicted octanol–water partition coefficient (Wildman–Crippen LogP) is 5.31. The molecule has 0 radical (unpaired) electrons. The van der Waals surface area contributed by atoms with E-state index in [1.54, 1.807) is 31.5 Å². The highest BCUT2D eigenvalue weighted by atomic mass is 16.5. The minimum atomic E-state index is -0.956. The number of carboxylic acid groups (broad SMARTS) is 1. The molecule has 1 aromatic heterocycles. The lowest BCUT2D eigenvalue weighted by molar-refractivity contribution is 0.0697. The Morgan fingerprint density at radius 3 is 2.65 bits per heavy atom. The van der Waals surface area contributed by atoms with Crippen molar-refractivity contribution >= 4 is 17.3 Å². The molecule has 0 amide bonds. The van der Waals surface area contributed by atoms with Gasteiger partial charge in [0.2, 0.25) is 0 Å². The number of hydrogen-bond donors (Lipinski definition) is 1. The minimum Gasteiger partial charge on any atom is -0.493 e. The zero-order valence-electron chi connectivity index (χ0n) is 17.5. The van der Waals surface area contributed by atoms with Crippen molar-refractivity contribution in [1.29, 1.82) is 0 Å². The lowest BCUT2D eigenvalue weighted by Gasteiger charge is -2.26. The number of nitrogens with zero attached hydrogens (tertiary/aromatic N) is 2. The van der Waals surface area contributed by atoms with Gasteiger partial charge in [-0.3, -0.25) is 4.98 Å². The number of ether oxygens (including phenoxy) is 2. The smallest absolute Gasteiger partial charge is 0.335 e. The molecule has 0 saturated heterocycles. The van der Waals surface area contributed by atoms with Gasteiger partial charge in [-0.1, -0.05) is 25.0 Å². The SMILES string of the molecule is COc1ccc(N(Cc2cccnc2)c2cccc(C(=O)O)c2)cc1OCCC1CC1. The van der Waals surface area contributed by atoms with Crippen LogP contribution in [0.4, 0.5) is 11.4 Å². The van der Waals surface area contributed by atoms with Gasteiger partial charge in [0.25, 0.3) is 0 Å². The molecular formula is C25H26N2O4. The average molecular weight is 418 g/mol. The van der Waals surface area contributed by atoms with Gasteiger partial charge >= 0.3 is 5.97 Å². The number of hydrogen-bond acceptors (Lipinski definition) is 5. The fourth-order valence-electron chi connectivity index (χ4n) is 3.50. The number of aromatic nitrogens is 1. The first-order valence-corrected chi connectivity index (χ1v) is 10.4. The number of carboxylic acids is 1. The van der Waals surface area contributed by atoms with Gasteiger partial charge in [-0.05, 0) is 54.3 Å². The summed E-state index contributed by atoms with van der Waals surface area (Å²) in [5.41, 5.74) is 2.91. The molecule has 6 heteroatoms. The second kappa shape index (κ2) is 9.51. The third-order valence-corrected chi connectivity index (χ3v) is 5.41. The van der Waals surface area contributed by atoms with Crippen molar-refractivity contribution in [3.8, 4) is 11.5 Å². The predicted molar refractivity (Wildman–Crippen MR) is 119 cm³/mol. The van der Waals surface area contributed by atoms with Crippen LogP contribution in [0.25, 0.3) is 0 Å². The summed E-state index contributed by atoms with van der Waals surface area (Å²) in [6.45, 7) is 1.19. The molecule has 0 spiro atoms. The van der Waals surface area contributed by atoms with Crippen LogP contribution in [0, 0.1) is 5.92 Å². The summed E-state index contributed by atoms with van der Waals surface area (Å²) < 4.78 is 11.6. The van der Waals surface area contributed by atoms with E-state index in [1.165, 1.54) is 12.8 Å². The lowest BCUT2D eigenvalue weighted by Crippen LogP contribution is -2.17. The molecular weight excluding hydrogens is 392 g/mol. The van der Waals surface area contributed by atoms with Gasteiger partial charge in [-0.25, -0.2) is 4.79 Å². The quantitative estimate of drug-likeness (QED) is 0.481. The van der Waals surface area contributed by atoms with Crippen LogP contribution in [0.5, 0.6) is 11.5 Å². The third-order valence-electron chi connectivity index (χ3n) is 5.41. The van der Waals surface area contributed by atoms with E-state index in [9.17, 15) is 9.90 Å². The van der Waals surface area contributed by atoms with Crippen molar-refractivity contribution in [1.82, 2.24) is 4.98 Å². The molecule has 1 fully saturated rings. The van der Waals surface area contributed by atoms with Crippen LogP contribution < -0.4 is 14.4 Å². The van der Waals surface area contributed by atoms with Gasteiger partial charge < -0.3 is 19.5 Å². The number of carbonyl (C=O) groups is 1. The molecule has 0 bridgehead atoms. The van der Waals surface area contributed by atoms with Crippen LogP contribution in [0.3, 0.4) is 0 Å². The van der Waals surface area contributed by atoms with Crippen LogP contribution >= 0.6 is 0 Å². The van der Waals surface area contributed by atoms with E-state index in [-0.39, 0.29) is 5.56 Å². The normalized spacial score (nSPS) is 12.9. The molecule has 1 heterocycles. The minimum absolute atomic E-state index is 0.239. The highest BCUT2D eigenvalue weighted by Crippen LogP contribution is 2.37. The first kappa shape index (κ1) is 20.7. The third kappa shape index (κ3) is 5.34. The first-order valence-electron chi connectivity index (χ1n) is 10.4. The van der Waals surface area contributed by atoms with Crippen molar-refractivity contribution in [2.24, 2.45) is 5.92 Å². The van der Waals surface area contributed by atoms with Gasteiger partial charge in [0, 0.05) is 36.4 Å². The molecule has 0 aliphatic heterocycles. The summed E-state index contributed by atoms with van der Waals surface area (Å²) in [6.07, 6.45) is 7.18. The van der Waals surface area contributed by atoms with Gasteiger partial charge in [-0.15, -0.1) is 0 Å². The highest BCUT2D eigenvalue weighted by Gasteiger charge is 2.21. The molecule has 31 heavy (non-hydrogen) atoms. The van der Waals surface area contributed by atoms with Gasteiger partial charge in [0.1, 0.15) is 0 Å². The number of methoxy groups -OCH3 is 1. The maximum Gasteiger partial charge on any atom is 0.335 e. The fourth-order valence-corrected chi connectivity index (χ4v) is 3.50. The van der Waals surface area contributed by atoms with E-state index in [0.29, 0.717) is 24.7 Å². The van der Waals surface area contributed by atoms with E-state index >= 15 is 0 Å². The van der Waals surface area contributed by atoms with E-state index in [2.05, 4.69) is 9.88 Å². The van der Waals surface area contributed by atoms with E-state index in [0.717, 1.165) is 29.3 Å². The molecule has 2 aromatic carbocycles. The summed E-state index contributed by atoms with van der Waals surface area (Å²) in [4.78, 5) is 17.8. The second-order valence-electron chi connectivity index (χ2n) is 7.72. The molecule has 6 nitrogen and oxygen atoms in total. The molecule has 1 saturated carbocycles. The summed E-state index contributed by atoms with van der Waals surface area (Å²) in [6, 6.07) is 16.6. The molecule has 1 N–H and O–H groups in total. The average Bonchev–Trinajstić information content (AvgIpc) is 3.62. The van der Waals surface area contributed by atoms with Crippen LogP contribution in [0.2, 0.25) is 0 Å². The Morgan fingerprint density at radius 1 is 1.10 bits per heavy atom. The van der Waals surface area contributed by atoms with Crippen molar-refractivity contribution in [3.05, 3.63) is 78.1 Å². The summed E-state index contributed by atoms with van der Waals surface area (Å²) >= 11 is 0. The number of benzene rings is 2. The maximum atomic E-state index is 11.5. The Kier molecular flexibility index (Phi) is 6.36. The lowest BCUT2D eigenvalue weighted by atomic mass is 10.1. The topological polar surface area (TPSA) is 71.9 Å². The zero-order valence-corrected chi connectivity index (χ0v) is 17.5. The van der Waals surface area contributed by atoms with Crippen LogP contribution in [-0.2, 0) is 6.54 Å². The standard InChI is InChI=1S/C25H26N2O4/c1-30-23-10-9-22(15-24(23)31-13-11-18-7-8-18)27(17-19-4-3-12-26-16-19)21-6-2-5-20(14-21)25(28)29/h2-6,9-10,12,14-16,18H,7-8,11,13,17H2,1H3,(H,28,29). The molecule has 0 unspecified atom stereocenters. The molecule has 1 aliphatic carbocycles. The second-order valence-corrected chi connectivity index (χ2v) is 7.72. The molecule has 160 valence electrons. The van der Waals surface area contributed by atoms with E-state index in [4.69, 9.17) is 9.47 Å². The van der Waals surface area contributed by atoms with Crippen molar-refractivity contribution in [2.45, 2.75) is 25.8 Å². The van der Waals surface area contributed by atoms with Crippen molar-refractivity contribution in [2.75, 3.05) is 18.6 Å². The molecule has 3 aromatic rings. The van der Waals surface area contributed by atoms with Gasteiger partial charge in [0.15, 0.2) is 11.5 Å². The zero-order chi connectivity index (χ0) is 21.6. The van der Waals surface area contributed by atoms with E-state index in [1.807, 2.05) is 42.6 Å². The monoisotopic (exact) mass is 418 g/mol. The van der Waals surface area contributed by atoms with Crippen molar-refractivity contribution < 1.29 is 19.4 Å². The number of pyridine rings is 1. The Bertz CT molecular complexity index is 1030. The Hall–Kier alpha value is -3.54. The first-order chi connectivity index (χ1) is 15.1. The summed E-state index contributed by atoms with van der Waals surface area (Å²) in [5.74, 6) is 1.20. The van der Waals surface area contributed by atoms with Gasteiger partial charge in [-0.2, -0.15) is 0 Å². The fraction of sp³-hybridized carbons (Fsp3) is 0.280.